The number of hydrogen-bond donors (Lipinski definition) is 2. The van der Waals surface area contributed by atoms with Gasteiger partial charge in [0.05, 0.1) is 16.7 Å². The molecule has 7 nitrogen and oxygen atoms in total. The minimum Gasteiger partial charge on any atom is -0.387 e. The number of nitrogens with zero attached hydrogens (tertiary/aromatic N) is 2. The van der Waals surface area contributed by atoms with Crippen molar-refractivity contribution in [2.24, 2.45) is 0 Å². The van der Waals surface area contributed by atoms with Gasteiger partial charge in [0, 0.05) is 25.2 Å². The highest BCUT2D eigenvalue weighted by Gasteiger charge is 2.20. The molecule has 0 unspecified atom stereocenters. The fraction of sp³-hybridized carbons (Fsp3) is 0.136. The van der Waals surface area contributed by atoms with Crippen LogP contribution in [0.25, 0.3) is 0 Å². The lowest BCUT2D eigenvalue weighted by molar-refractivity contribution is -0.383. The molecule has 2 N–H and O–H groups in total. The van der Waals surface area contributed by atoms with Crippen molar-refractivity contribution < 1.29 is 14.8 Å². The Balaban J connectivity index is 1.78. The summed E-state index contributed by atoms with van der Waals surface area (Å²) >= 11 is 0. The Bertz CT molecular complexity index is 993. The summed E-state index contributed by atoms with van der Waals surface area (Å²) in [5, 5.41) is 24.7. The SMILES string of the molecule is CN(C(=O)c1ccccc1)c1ccc(NC[C@@H](O)c2ccccc2)c([N+](=O)[O-])c1. The monoisotopic (exact) mass is 391 g/mol. The second-order valence-corrected chi connectivity index (χ2v) is 6.50. The fourth-order valence-electron chi connectivity index (χ4n) is 2.92. The molecule has 0 bridgehead atoms. The van der Waals surface area contributed by atoms with Crippen LogP contribution in [0.1, 0.15) is 22.0 Å². The molecule has 0 fully saturated rings. The number of carbonyl (C=O) groups is 1. The minimum absolute atomic E-state index is 0.114. The Kier molecular flexibility index (Phi) is 6.21. The number of benzene rings is 3. The molecule has 0 saturated carbocycles. The highest BCUT2D eigenvalue weighted by atomic mass is 16.6. The number of nitro benzene ring substituents is 1. The van der Waals surface area contributed by atoms with Crippen molar-refractivity contribution in [3.8, 4) is 0 Å². The van der Waals surface area contributed by atoms with E-state index in [9.17, 15) is 20.0 Å². The number of amides is 1. The smallest absolute Gasteiger partial charge is 0.294 e. The Morgan fingerprint density at radius 2 is 1.69 bits per heavy atom. The Labute approximate surface area is 168 Å². The third-order valence-electron chi connectivity index (χ3n) is 4.56. The van der Waals surface area contributed by atoms with Crippen molar-refractivity contribution in [1.82, 2.24) is 0 Å². The summed E-state index contributed by atoms with van der Waals surface area (Å²) in [7, 11) is 1.57. The van der Waals surface area contributed by atoms with E-state index in [0.717, 1.165) is 0 Å². The summed E-state index contributed by atoms with van der Waals surface area (Å²) in [6, 6.07) is 22.3. The molecule has 0 aromatic heterocycles. The Morgan fingerprint density at radius 1 is 1.07 bits per heavy atom. The lowest BCUT2D eigenvalue weighted by Crippen LogP contribution is -2.26. The van der Waals surface area contributed by atoms with Crippen LogP contribution in [0.15, 0.2) is 78.9 Å². The van der Waals surface area contributed by atoms with E-state index in [1.807, 2.05) is 24.3 Å². The van der Waals surface area contributed by atoms with Crippen LogP contribution in [0.4, 0.5) is 17.1 Å². The average molecular weight is 391 g/mol. The maximum absolute atomic E-state index is 12.6. The van der Waals surface area contributed by atoms with E-state index in [-0.39, 0.29) is 23.8 Å². The van der Waals surface area contributed by atoms with E-state index in [2.05, 4.69) is 5.32 Å². The van der Waals surface area contributed by atoms with E-state index >= 15 is 0 Å². The van der Waals surface area contributed by atoms with Crippen LogP contribution in [0, 0.1) is 10.1 Å². The highest BCUT2D eigenvalue weighted by Crippen LogP contribution is 2.30. The van der Waals surface area contributed by atoms with Crippen LogP contribution in [-0.4, -0.2) is 29.5 Å². The number of hydrogen-bond acceptors (Lipinski definition) is 5. The summed E-state index contributed by atoms with van der Waals surface area (Å²) in [6.45, 7) is 0.114. The number of anilines is 2. The second kappa shape index (κ2) is 8.99. The number of rotatable bonds is 7. The molecule has 1 amide bonds. The van der Waals surface area contributed by atoms with Gasteiger partial charge in [0.2, 0.25) is 0 Å². The van der Waals surface area contributed by atoms with Gasteiger partial charge in [-0.05, 0) is 29.8 Å². The number of aliphatic hydroxyl groups is 1. The predicted molar refractivity (Wildman–Crippen MR) is 112 cm³/mol. The van der Waals surface area contributed by atoms with Gasteiger partial charge in [0.15, 0.2) is 0 Å². The van der Waals surface area contributed by atoms with E-state index in [0.29, 0.717) is 16.8 Å². The lowest BCUT2D eigenvalue weighted by atomic mass is 10.1. The van der Waals surface area contributed by atoms with Crippen molar-refractivity contribution >= 4 is 23.0 Å². The van der Waals surface area contributed by atoms with E-state index in [4.69, 9.17) is 0 Å². The third-order valence-corrected chi connectivity index (χ3v) is 4.56. The summed E-state index contributed by atoms with van der Waals surface area (Å²) in [5.74, 6) is -0.264. The molecule has 0 aliphatic heterocycles. The predicted octanol–water partition coefficient (Wildman–Crippen LogP) is 4.02. The van der Waals surface area contributed by atoms with Crippen molar-refractivity contribution in [1.29, 1.82) is 0 Å². The van der Waals surface area contributed by atoms with Gasteiger partial charge in [-0.2, -0.15) is 0 Å². The van der Waals surface area contributed by atoms with Crippen molar-refractivity contribution in [3.05, 3.63) is 100 Å². The molecule has 3 aromatic carbocycles. The summed E-state index contributed by atoms with van der Waals surface area (Å²) in [6.07, 6.45) is -0.808. The molecule has 29 heavy (non-hydrogen) atoms. The molecule has 1 atom stereocenters. The zero-order valence-corrected chi connectivity index (χ0v) is 15.9. The van der Waals surface area contributed by atoms with Gasteiger partial charge in [-0.15, -0.1) is 0 Å². The van der Waals surface area contributed by atoms with E-state index in [1.165, 1.54) is 11.0 Å². The summed E-state index contributed by atoms with van der Waals surface area (Å²) in [4.78, 5) is 25.0. The normalized spacial score (nSPS) is 11.5. The molecule has 0 spiro atoms. The van der Waals surface area contributed by atoms with Gasteiger partial charge in [0.25, 0.3) is 11.6 Å². The molecule has 0 aliphatic rings. The fourth-order valence-corrected chi connectivity index (χ4v) is 2.92. The number of aliphatic hydroxyl groups excluding tert-OH is 1. The Hall–Kier alpha value is -3.71. The van der Waals surface area contributed by atoms with Gasteiger partial charge in [-0.3, -0.25) is 14.9 Å². The maximum atomic E-state index is 12.6. The molecule has 3 aromatic rings. The van der Waals surface area contributed by atoms with Crippen LogP contribution in [0.2, 0.25) is 0 Å². The van der Waals surface area contributed by atoms with Crippen LogP contribution in [-0.2, 0) is 0 Å². The maximum Gasteiger partial charge on any atom is 0.294 e. The van der Waals surface area contributed by atoms with Crippen LogP contribution in [0.5, 0.6) is 0 Å². The van der Waals surface area contributed by atoms with Gasteiger partial charge < -0.3 is 15.3 Å². The first-order chi connectivity index (χ1) is 14.0. The largest absolute Gasteiger partial charge is 0.387 e. The average Bonchev–Trinajstić information content (AvgIpc) is 2.77. The van der Waals surface area contributed by atoms with Gasteiger partial charge >= 0.3 is 0 Å². The summed E-state index contributed by atoms with van der Waals surface area (Å²) < 4.78 is 0. The molecule has 3 rings (SSSR count). The quantitative estimate of drug-likeness (QED) is 0.468. The summed E-state index contributed by atoms with van der Waals surface area (Å²) in [5.41, 5.74) is 1.71. The van der Waals surface area contributed by atoms with Crippen LogP contribution >= 0.6 is 0 Å². The molecular weight excluding hydrogens is 370 g/mol. The second-order valence-electron chi connectivity index (χ2n) is 6.50. The number of carbonyl (C=O) groups excluding carboxylic acids is 1. The first-order valence-electron chi connectivity index (χ1n) is 9.06. The highest BCUT2D eigenvalue weighted by molar-refractivity contribution is 6.06. The number of nitrogens with one attached hydrogen (secondary N) is 1. The molecule has 0 heterocycles. The van der Waals surface area contributed by atoms with Gasteiger partial charge in [-0.1, -0.05) is 48.5 Å². The van der Waals surface area contributed by atoms with Gasteiger partial charge in [-0.25, -0.2) is 0 Å². The van der Waals surface area contributed by atoms with Crippen molar-refractivity contribution in [2.75, 3.05) is 23.8 Å². The molecule has 0 aliphatic carbocycles. The van der Waals surface area contributed by atoms with E-state index in [1.54, 1.807) is 55.6 Å². The molecule has 7 heteroatoms. The lowest BCUT2D eigenvalue weighted by Gasteiger charge is -2.19. The zero-order valence-electron chi connectivity index (χ0n) is 15.9. The van der Waals surface area contributed by atoms with Crippen LogP contribution in [0.3, 0.4) is 0 Å². The van der Waals surface area contributed by atoms with Crippen LogP contribution < -0.4 is 10.2 Å². The van der Waals surface area contributed by atoms with Crippen molar-refractivity contribution in [3.63, 3.8) is 0 Å². The Morgan fingerprint density at radius 3 is 2.31 bits per heavy atom. The van der Waals surface area contributed by atoms with Crippen molar-refractivity contribution in [2.45, 2.75) is 6.10 Å². The van der Waals surface area contributed by atoms with Gasteiger partial charge in [0.1, 0.15) is 5.69 Å². The molecule has 0 saturated heterocycles. The first-order valence-corrected chi connectivity index (χ1v) is 9.06. The molecule has 148 valence electrons. The standard InChI is InChI=1S/C22H21N3O4/c1-24(22(27)17-10-6-3-7-11-17)18-12-13-19(20(14-18)25(28)29)23-15-21(26)16-8-4-2-5-9-16/h2-14,21,23,26H,15H2,1H3/t21-/m1/s1. The topological polar surface area (TPSA) is 95.7 Å². The zero-order chi connectivity index (χ0) is 20.8. The number of nitro groups is 1. The molecular formula is C22H21N3O4. The first kappa shape index (κ1) is 20.0. The van der Waals surface area contributed by atoms with E-state index < -0.39 is 11.0 Å². The minimum atomic E-state index is -0.808. The molecule has 0 radical (unpaired) electrons. The third kappa shape index (κ3) is 4.77.